The summed E-state index contributed by atoms with van der Waals surface area (Å²) >= 11 is 0. The zero-order chi connectivity index (χ0) is 25.9. The largest absolute Gasteiger partial charge is 0.418 e. The number of benzene rings is 2. The molecule has 1 aliphatic rings. The predicted molar refractivity (Wildman–Crippen MR) is 127 cm³/mol. The van der Waals surface area contributed by atoms with Crippen LogP contribution in [0.1, 0.15) is 15.9 Å². The number of anilines is 3. The molecule has 7 nitrogen and oxygen atoms in total. The maximum Gasteiger partial charge on any atom is 0.418 e. The third-order valence-electron chi connectivity index (χ3n) is 5.93. The van der Waals surface area contributed by atoms with E-state index in [1.54, 1.807) is 29.4 Å². The number of hydrogen-bond donors (Lipinski definition) is 1. The predicted octanol–water partition coefficient (Wildman–Crippen LogP) is 5.00. The molecular weight excluding hydrogens is 478 g/mol. The molecule has 3 amide bonds. The van der Waals surface area contributed by atoms with Gasteiger partial charge in [-0.25, -0.2) is 9.18 Å². The van der Waals surface area contributed by atoms with E-state index in [0.717, 1.165) is 23.5 Å². The lowest BCUT2D eigenvalue weighted by atomic mass is 10.1. The van der Waals surface area contributed by atoms with Crippen molar-refractivity contribution in [2.45, 2.75) is 6.18 Å². The highest BCUT2D eigenvalue weighted by Gasteiger charge is 2.35. The van der Waals surface area contributed by atoms with Crippen LogP contribution in [0.2, 0.25) is 0 Å². The minimum atomic E-state index is -4.82. The van der Waals surface area contributed by atoms with E-state index in [0.29, 0.717) is 11.6 Å². The summed E-state index contributed by atoms with van der Waals surface area (Å²) in [4.78, 5) is 34.3. The van der Waals surface area contributed by atoms with Gasteiger partial charge in [-0.3, -0.25) is 9.78 Å². The Morgan fingerprint density at radius 2 is 1.47 bits per heavy atom. The Labute approximate surface area is 204 Å². The smallest absolute Gasteiger partial charge is 0.345 e. The first kappa shape index (κ1) is 25.0. The number of halogens is 4. The third kappa shape index (κ3) is 5.56. The van der Waals surface area contributed by atoms with E-state index in [1.807, 2.05) is 36.2 Å². The van der Waals surface area contributed by atoms with Gasteiger partial charge in [0.2, 0.25) is 0 Å². The highest BCUT2D eigenvalue weighted by molar-refractivity contribution is 5.95. The van der Waals surface area contributed by atoms with Crippen molar-refractivity contribution in [3.05, 3.63) is 83.9 Å². The van der Waals surface area contributed by atoms with Gasteiger partial charge in [-0.2, -0.15) is 13.2 Å². The van der Waals surface area contributed by atoms with Gasteiger partial charge in [0.15, 0.2) is 0 Å². The Morgan fingerprint density at radius 1 is 0.889 bits per heavy atom. The Balaban J connectivity index is 1.35. The monoisotopic (exact) mass is 501 g/mol. The van der Waals surface area contributed by atoms with Crippen LogP contribution in [-0.2, 0) is 6.18 Å². The Hall–Kier alpha value is -4.15. The van der Waals surface area contributed by atoms with Gasteiger partial charge >= 0.3 is 12.2 Å². The lowest BCUT2D eigenvalue weighted by Gasteiger charge is -2.35. The van der Waals surface area contributed by atoms with Crippen molar-refractivity contribution in [1.82, 2.24) is 14.8 Å². The number of nitrogens with zero attached hydrogens (tertiary/aromatic N) is 4. The SMILES string of the molecule is CN(c1ccncc1)c1ccc(C(=O)N2CCN(C(=O)Nc3ccc(F)cc3C(F)(F)F)CC2)cc1. The molecule has 2 aromatic carbocycles. The van der Waals surface area contributed by atoms with Gasteiger partial charge in [-0.05, 0) is 54.6 Å². The Morgan fingerprint density at radius 3 is 2.08 bits per heavy atom. The number of nitrogens with one attached hydrogen (secondary N) is 1. The molecule has 0 aliphatic carbocycles. The first-order valence-corrected chi connectivity index (χ1v) is 11.1. The van der Waals surface area contributed by atoms with Crippen molar-refractivity contribution in [1.29, 1.82) is 0 Å². The molecule has 2 heterocycles. The van der Waals surface area contributed by atoms with Crippen LogP contribution in [0, 0.1) is 5.82 Å². The van der Waals surface area contributed by atoms with Crippen LogP contribution >= 0.6 is 0 Å². The number of rotatable bonds is 4. The second-order valence-corrected chi connectivity index (χ2v) is 8.21. The summed E-state index contributed by atoms with van der Waals surface area (Å²) in [6.45, 7) is 0.729. The van der Waals surface area contributed by atoms with E-state index >= 15 is 0 Å². The molecular formula is C25H23F4N5O2. The zero-order valence-electron chi connectivity index (χ0n) is 19.3. The van der Waals surface area contributed by atoms with Gasteiger partial charge < -0.3 is 20.0 Å². The van der Waals surface area contributed by atoms with Gasteiger partial charge in [0.05, 0.1) is 11.3 Å². The number of amides is 3. The van der Waals surface area contributed by atoms with Crippen molar-refractivity contribution in [2.24, 2.45) is 0 Å². The molecule has 3 aromatic rings. The third-order valence-corrected chi connectivity index (χ3v) is 5.93. The molecule has 1 aliphatic heterocycles. The molecule has 1 saturated heterocycles. The van der Waals surface area contributed by atoms with Crippen LogP contribution in [-0.4, -0.2) is 59.9 Å². The second-order valence-electron chi connectivity index (χ2n) is 8.21. The van der Waals surface area contributed by atoms with Crippen molar-refractivity contribution in [2.75, 3.05) is 43.4 Å². The van der Waals surface area contributed by atoms with Crippen molar-refractivity contribution in [3.8, 4) is 0 Å². The molecule has 36 heavy (non-hydrogen) atoms. The Kier molecular flexibility index (Phi) is 7.09. The average molecular weight is 501 g/mol. The Bertz CT molecular complexity index is 1230. The van der Waals surface area contributed by atoms with Crippen LogP contribution in [0.25, 0.3) is 0 Å². The maximum atomic E-state index is 13.3. The summed E-state index contributed by atoms with van der Waals surface area (Å²) in [5.41, 5.74) is 0.535. The molecule has 4 rings (SSSR count). The lowest BCUT2D eigenvalue weighted by molar-refractivity contribution is -0.137. The number of aromatic nitrogens is 1. The first-order chi connectivity index (χ1) is 17.1. The number of urea groups is 1. The van der Waals surface area contributed by atoms with E-state index in [9.17, 15) is 27.2 Å². The fraction of sp³-hybridized carbons (Fsp3) is 0.240. The minimum Gasteiger partial charge on any atom is -0.345 e. The van der Waals surface area contributed by atoms with Crippen LogP contribution < -0.4 is 10.2 Å². The van der Waals surface area contributed by atoms with E-state index in [2.05, 4.69) is 10.3 Å². The van der Waals surface area contributed by atoms with Gasteiger partial charge in [0, 0.05) is 62.6 Å². The van der Waals surface area contributed by atoms with Crippen molar-refractivity contribution in [3.63, 3.8) is 0 Å². The summed E-state index contributed by atoms with van der Waals surface area (Å²) in [5, 5.41) is 2.21. The highest BCUT2D eigenvalue weighted by atomic mass is 19.4. The fourth-order valence-corrected chi connectivity index (χ4v) is 3.89. The van der Waals surface area contributed by atoms with Crippen LogP contribution in [0.3, 0.4) is 0 Å². The topological polar surface area (TPSA) is 68.8 Å². The summed E-state index contributed by atoms with van der Waals surface area (Å²) in [7, 11) is 1.90. The molecule has 1 fully saturated rings. The summed E-state index contributed by atoms with van der Waals surface area (Å²) in [5.74, 6) is -1.25. The number of carbonyl (C=O) groups is 2. The molecule has 0 spiro atoms. The molecule has 0 saturated carbocycles. The normalized spacial score (nSPS) is 13.9. The number of pyridine rings is 1. The van der Waals surface area contributed by atoms with Gasteiger partial charge in [0.25, 0.3) is 5.91 Å². The molecule has 0 radical (unpaired) electrons. The summed E-state index contributed by atoms with van der Waals surface area (Å²) in [6.07, 6.45) is -1.43. The van der Waals surface area contributed by atoms with Gasteiger partial charge in [-0.1, -0.05) is 0 Å². The number of alkyl halides is 3. The maximum absolute atomic E-state index is 13.3. The zero-order valence-corrected chi connectivity index (χ0v) is 19.3. The molecule has 11 heteroatoms. The molecule has 0 atom stereocenters. The molecule has 0 bridgehead atoms. The van der Waals surface area contributed by atoms with Gasteiger partial charge in [0.1, 0.15) is 5.82 Å². The van der Waals surface area contributed by atoms with Crippen LogP contribution in [0.15, 0.2) is 67.0 Å². The molecule has 1 aromatic heterocycles. The first-order valence-electron chi connectivity index (χ1n) is 11.1. The van der Waals surface area contributed by atoms with Crippen molar-refractivity contribution < 1.29 is 27.2 Å². The highest BCUT2D eigenvalue weighted by Crippen LogP contribution is 2.35. The molecule has 188 valence electrons. The average Bonchev–Trinajstić information content (AvgIpc) is 2.89. The van der Waals surface area contributed by atoms with E-state index < -0.39 is 29.3 Å². The van der Waals surface area contributed by atoms with E-state index in [4.69, 9.17) is 0 Å². The fourth-order valence-electron chi connectivity index (χ4n) is 3.89. The second kappa shape index (κ2) is 10.2. The molecule has 1 N–H and O–H groups in total. The summed E-state index contributed by atoms with van der Waals surface area (Å²) in [6, 6.07) is 12.2. The van der Waals surface area contributed by atoms with Crippen LogP contribution in [0.4, 0.5) is 39.4 Å². The number of piperazine rings is 1. The van der Waals surface area contributed by atoms with E-state index in [-0.39, 0.29) is 32.1 Å². The summed E-state index contributed by atoms with van der Waals surface area (Å²) < 4.78 is 52.9. The number of hydrogen-bond acceptors (Lipinski definition) is 4. The van der Waals surface area contributed by atoms with Crippen molar-refractivity contribution >= 4 is 29.0 Å². The van der Waals surface area contributed by atoms with Gasteiger partial charge in [-0.15, -0.1) is 0 Å². The number of carbonyl (C=O) groups excluding carboxylic acids is 2. The standard InChI is InChI=1S/C25H23F4N5O2/c1-32(20-8-10-30-11-9-20)19-5-2-17(3-6-19)23(35)33-12-14-34(15-13-33)24(36)31-22-7-4-18(26)16-21(22)25(27,28)29/h2-11,16H,12-15H2,1H3,(H,31,36). The van der Waals surface area contributed by atoms with Crippen LogP contribution in [0.5, 0.6) is 0 Å². The van der Waals surface area contributed by atoms with E-state index in [1.165, 1.54) is 4.90 Å². The quantitative estimate of drug-likeness (QED) is 0.511. The molecule has 0 unspecified atom stereocenters. The lowest BCUT2D eigenvalue weighted by Crippen LogP contribution is -2.51. The minimum absolute atomic E-state index is 0.142.